The molecular formula is C22H27N3O2. The predicted octanol–water partition coefficient (Wildman–Crippen LogP) is 3.56. The van der Waals surface area contributed by atoms with E-state index >= 15 is 0 Å². The number of benzene rings is 1. The summed E-state index contributed by atoms with van der Waals surface area (Å²) in [4.78, 5) is 26.0. The summed E-state index contributed by atoms with van der Waals surface area (Å²) in [6.07, 6.45) is 10.5. The third-order valence-corrected chi connectivity index (χ3v) is 5.84. The van der Waals surface area contributed by atoms with Crippen LogP contribution in [-0.2, 0) is 16.0 Å². The zero-order chi connectivity index (χ0) is 18.6. The summed E-state index contributed by atoms with van der Waals surface area (Å²) >= 11 is 0. The Balaban J connectivity index is 1.66. The van der Waals surface area contributed by atoms with Gasteiger partial charge in [-0.05, 0) is 44.1 Å². The summed E-state index contributed by atoms with van der Waals surface area (Å²) in [5, 5.41) is 9.15. The van der Waals surface area contributed by atoms with E-state index in [1.807, 2.05) is 30.3 Å². The maximum absolute atomic E-state index is 13.1. The van der Waals surface area contributed by atoms with E-state index in [1.54, 1.807) is 0 Å². The van der Waals surface area contributed by atoms with E-state index in [1.165, 1.54) is 17.0 Å². The van der Waals surface area contributed by atoms with Gasteiger partial charge in [0.05, 0.1) is 0 Å². The zero-order valence-electron chi connectivity index (χ0n) is 15.7. The lowest BCUT2D eigenvalue weighted by Gasteiger charge is -2.39. The second-order valence-electron chi connectivity index (χ2n) is 7.76. The summed E-state index contributed by atoms with van der Waals surface area (Å²) in [6.45, 7) is 0. The second kappa shape index (κ2) is 8.07. The number of allylic oxidation sites excluding steroid dienone is 1. The molecule has 2 heterocycles. The molecule has 0 aromatic heterocycles. The quantitative estimate of drug-likeness (QED) is 0.815. The Morgan fingerprint density at radius 2 is 1.85 bits per heavy atom. The van der Waals surface area contributed by atoms with Crippen molar-refractivity contribution in [2.45, 2.75) is 63.8 Å². The number of nitrogens with one attached hydrogen (secondary N) is 1. The molecule has 5 nitrogen and oxygen atoms in total. The first-order valence-corrected chi connectivity index (χ1v) is 10.2. The molecule has 0 bridgehead atoms. The molecule has 2 aliphatic heterocycles. The number of amides is 2. The van der Waals surface area contributed by atoms with Gasteiger partial charge in [-0.1, -0.05) is 48.4 Å². The van der Waals surface area contributed by atoms with Gasteiger partial charge in [0, 0.05) is 18.8 Å². The molecule has 1 saturated carbocycles. The number of carbonyl (C=O) groups excluding carboxylic acids is 2. The van der Waals surface area contributed by atoms with Gasteiger partial charge >= 0.3 is 0 Å². The average molecular weight is 365 g/mol. The molecule has 1 fully saturated rings. The van der Waals surface area contributed by atoms with Crippen molar-refractivity contribution >= 4 is 17.6 Å². The smallest absolute Gasteiger partial charge is 0.250 e. The third-order valence-electron chi connectivity index (χ3n) is 5.84. The Hall–Kier alpha value is -2.43. The Kier molecular flexibility index (Phi) is 5.37. The standard InChI is InChI=1S/C22H27N3O2/c26-20-14-6-2-5-11-17-12-7-8-13-18(17)21-22(27)23-19(24-25(20)21)15-16-9-3-1-4-10-16/h1,3-4,9-11,18,21H,2,5-8,12-15H2,(H,23,24,27)/b17-11+. The lowest BCUT2D eigenvalue weighted by atomic mass is 9.78. The molecule has 1 aliphatic carbocycles. The molecule has 0 spiro atoms. The van der Waals surface area contributed by atoms with E-state index in [-0.39, 0.29) is 17.7 Å². The Bertz CT molecular complexity index is 769. The number of hydrazone groups is 1. The van der Waals surface area contributed by atoms with Gasteiger partial charge in [0.15, 0.2) is 0 Å². The van der Waals surface area contributed by atoms with Gasteiger partial charge in [0.1, 0.15) is 11.9 Å². The Morgan fingerprint density at radius 1 is 1.04 bits per heavy atom. The molecule has 1 N–H and O–H groups in total. The SMILES string of the molecule is O=C1NC(Cc2ccccc2)=NN2C(=O)CCCC/C=C3\CCCCC3C12. The number of fused-ring (bicyclic) bond motifs is 3. The van der Waals surface area contributed by atoms with Crippen LogP contribution in [-0.4, -0.2) is 28.7 Å². The van der Waals surface area contributed by atoms with Crippen LogP contribution in [0.25, 0.3) is 0 Å². The van der Waals surface area contributed by atoms with E-state index in [0.29, 0.717) is 18.7 Å². The minimum Gasteiger partial charge on any atom is -0.311 e. The van der Waals surface area contributed by atoms with Crippen molar-refractivity contribution in [3.8, 4) is 0 Å². The first-order chi connectivity index (χ1) is 13.2. The number of hydrogen-bond acceptors (Lipinski definition) is 3. The van der Waals surface area contributed by atoms with Crippen LogP contribution in [0.3, 0.4) is 0 Å². The minimum absolute atomic E-state index is 0.0211. The molecule has 27 heavy (non-hydrogen) atoms. The molecule has 4 rings (SSSR count). The second-order valence-corrected chi connectivity index (χ2v) is 7.76. The lowest BCUT2D eigenvalue weighted by Crippen LogP contribution is -2.58. The van der Waals surface area contributed by atoms with Crippen LogP contribution in [0.1, 0.15) is 56.9 Å². The van der Waals surface area contributed by atoms with Gasteiger partial charge in [-0.2, -0.15) is 5.10 Å². The van der Waals surface area contributed by atoms with Gasteiger partial charge < -0.3 is 5.32 Å². The van der Waals surface area contributed by atoms with Crippen molar-refractivity contribution in [1.82, 2.24) is 10.3 Å². The molecule has 1 aromatic rings. The van der Waals surface area contributed by atoms with E-state index in [4.69, 9.17) is 0 Å². The zero-order valence-corrected chi connectivity index (χ0v) is 15.7. The highest BCUT2D eigenvalue weighted by Crippen LogP contribution is 2.36. The van der Waals surface area contributed by atoms with E-state index in [9.17, 15) is 9.59 Å². The van der Waals surface area contributed by atoms with Crippen LogP contribution in [0, 0.1) is 5.92 Å². The molecule has 2 atom stereocenters. The van der Waals surface area contributed by atoms with Crippen molar-refractivity contribution in [3.63, 3.8) is 0 Å². The van der Waals surface area contributed by atoms with Crippen molar-refractivity contribution in [2.75, 3.05) is 0 Å². The topological polar surface area (TPSA) is 61.8 Å². The van der Waals surface area contributed by atoms with Crippen molar-refractivity contribution in [2.24, 2.45) is 11.0 Å². The van der Waals surface area contributed by atoms with E-state index in [2.05, 4.69) is 16.5 Å². The number of hydrogen-bond donors (Lipinski definition) is 1. The molecule has 2 amide bonds. The van der Waals surface area contributed by atoms with Gasteiger partial charge in [-0.25, -0.2) is 5.01 Å². The van der Waals surface area contributed by atoms with Crippen LogP contribution in [0.5, 0.6) is 0 Å². The fourth-order valence-electron chi connectivity index (χ4n) is 4.48. The summed E-state index contributed by atoms with van der Waals surface area (Å²) in [6, 6.07) is 9.42. The Morgan fingerprint density at radius 3 is 2.70 bits per heavy atom. The fraction of sp³-hybridized carbons (Fsp3) is 0.500. The molecule has 2 unspecified atom stereocenters. The van der Waals surface area contributed by atoms with Crippen LogP contribution < -0.4 is 5.32 Å². The van der Waals surface area contributed by atoms with Gasteiger partial charge in [0.2, 0.25) is 5.91 Å². The monoisotopic (exact) mass is 365 g/mol. The summed E-state index contributed by atoms with van der Waals surface area (Å²) in [5.41, 5.74) is 2.42. The lowest BCUT2D eigenvalue weighted by molar-refractivity contribution is -0.143. The largest absolute Gasteiger partial charge is 0.311 e. The molecule has 5 heteroatoms. The number of amidine groups is 1. The molecule has 1 aromatic carbocycles. The molecule has 0 radical (unpaired) electrons. The van der Waals surface area contributed by atoms with Crippen LogP contribution in [0.15, 0.2) is 47.1 Å². The fourth-order valence-corrected chi connectivity index (χ4v) is 4.48. The van der Waals surface area contributed by atoms with Gasteiger partial charge in [-0.3, -0.25) is 9.59 Å². The average Bonchev–Trinajstić information content (AvgIpc) is 2.68. The summed E-state index contributed by atoms with van der Waals surface area (Å²) in [5.74, 6) is 0.562. The van der Waals surface area contributed by atoms with E-state index < -0.39 is 6.04 Å². The molecule has 142 valence electrons. The Labute approximate surface area is 160 Å². The van der Waals surface area contributed by atoms with Crippen LogP contribution in [0.4, 0.5) is 0 Å². The van der Waals surface area contributed by atoms with Gasteiger partial charge in [0.25, 0.3) is 5.91 Å². The van der Waals surface area contributed by atoms with Crippen molar-refractivity contribution < 1.29 is 9.59 Å². The highest BCUT2D eigenvalue weighted by molar-refractivity contribution is 6.05. The van der Waals surface area contributed by atoms with Crippen molar-refractivity contribution in [1.29, 1.82) is 0 Å². The van der Waals surface area contributed by atoms with E-state index in [0.717, 1.165) is 44.1 Å². The number of carbonyl (C=O) groups is 2. The number of nitrogens with zero attached hydrogens (tertiary/aromatic N) is 2. The molecule has 0 saturated heterocycles. The molecular weight excluding hydrogens is 338 g/mol. The minimum atomic E-state index is -0.498. The number of rotatable bonds is 2. The van der Waals surface area contributed by atoms with Crippen molar-refractivity contribution in [3.05, 3.63) is 47.5 Å². The first-order valence-electron chi connectivity index (χ1n) is 10.2. The predicted molar refractivity (Wildman–Crippen MR) is 105 cm³/mol. The molecule has 3 aliphatic rings. The highest BCUT2D eigenvalue weighted by Gasteiger charge is 2.42. The summed E-state index contributed by atoms with van der Waals surface area (Å²) in [7, 11) is 0. The summed E-state index contributed by atoms with van der Waals surface area (Å²) < 4.78 is 0. The normalized spacial score (nSPS) is 28.2. The van der Waals surface area contributed by atoms with Crippen LogP contribution in [0.2, 0.25) is 0 Å². The highest BCUT2D eigenvalue weighted by atomic mass is 16.2. The maximum atomic E-state index is 13.1. The van der Waals surface area contributed by atoms with Crippen LogP contribution >= 0.6 is 0 Å². The van der Waals surface area contributed by atoms with Gasteiger partial charge in [-0.15, -0.1) is 0 Å². The third kappa shape index (κ3) is 3.97. The maximum Gasteiger partial charge on any atom is 0.250 e. The first kappa shape index (κ1) is 18.0.